The Bertz CT molecular complexity index is 1550. The lowest BCUT2D eigenvalue weighted by Crippen LogP contribution is -2.35. The van der Waals surface area contributed by atoms with Gasteiger partial charge >= 0.3 is 42.2 Å². The number of carbonyl (C=O) groups is 6. The summed E-state index contributed by atoms with van der Waals surface area (Å²) in [5.41, 5.74) is 6.41. The highest BCUT2D eigenvalue weighted by atomic mass is 32.1. The van der Waals surface area contributed by atoms with Crippen LogP contribution in [0, 0.1) is 17.1 Å². The normalized spacial score (nSPS) is 13.3. The number of carboxylic acids is 4. The Hall–Kier alpha value is -5.12. The minimum Gasteiger partial charge on any atom is -0.481 e. The summed E-state index contributed by atoms with van der Waals surface area (Å²) in [4.78, 5) is 67.8. The number of fused-ring (bicyclic) bond motifs is 1. The van der Waals surface area contributed by atoms with Crippen molar-refractivity contribution in [1.82, 2.24) is 4.90 Å². The number of thiophene rings is 1. The molecule has 0 unspecified atom stereocenters. The van der Waals surface area contributed by atoms with Crippen LogP contribution in [0.1, 0.15) is 44.9 Å². The molecule has 0 aliphatic carbocycles. The second kappa shape index (κ2) is 17.9. The van der Waals surface area contributed by atoms with Crippen molar-refractivity contribution in [3.63, 3.8) is 0 Å². The molecule has 270 valence electrons. The molecule has 3 rings (SSSR count). The van der Waals surface area contributed by atoms with Gasteiger partial charge in [0.25, 0.3) is 0 Å². The zero-order valence-electron chi connectivity index (χ0n) is 24.6. The number of alkyl halides is 6. The van der Waals surface area contributed by atoms with Crippen LogP contribution in [0.15, 0.2) is 24.3 Å². The van der Waals surface area contributed by atoms with Crippen LogP contribution in [-0.4, -0.2) is 92.2 Å². The highest BCUT2D eigenvalue weighted by Gasteiger charge is 2.39. The van der Waals surface area contributed by atoms with Gasteiger partial charge in [-0.05, 0) is 42.7 Å². The first-order valence-electron chi connectivity index (χ1n) is 13.2. The number of carbonyl (C=O) groups excluding carboxylic acids is 2. The van der Waals surface area contributed by atoms with Crippen LogP contribution in [0.2, 0.25) is 0 Å². The highest BCUT2D eigenvalue weighted by Crippen LogP contribution is 2.30. The summed E-state index contributed by atoms with van der Waals surface area (Å²) in [5, 5.41) is 39.6. The standard InChI is InChI=1S/C23H24FN3O7S.2C2HF3O2/c24-16-8-13(21(25)26)1-3-17(16)34-23(33)18-9-12-5-6-27(11-19(12)35-18)10-15(28)7-14(22(31)32)2-4-20(29)30;2*3-2(4,5)1(6)7/h1,3,8-9,14H,2,4-7,10-11H2,(H3,25,26)(H,29,30)(H,31,32);2*(H,6,7)/t14-;;/m1../s1. The molecule has 0 radical (unpaired) electrons. The third-order valence-corrected chi connectivity index (χ3v) is 7.17. The van der Waals surface area contributed by atoms with Crippen molar-refractivity contribution >= 4 is 52.8 Å². The van der Waals surface area contributed by atoms with Crippen LogP contribution >= 0.6 is 11.3 Å². The van der Waals surface area contributed by atoms with Gasteiger partial charge in [0.05, 0.1) is 12.5 Å². The van der Waals surface area contributed by atoms with Crippen molar-refractivity contribution < 1.29 is 84.7 Å². The molecule has 22 heteroatoms. The number of hydrogen-bond acceptors (Lipinski definition) is 10. The minimum atomic E-state index is -5.08. The van der Waals surface area contributed by atoms with E-state index in [1.54, 1.807) is 6.07 Å². The fourth-order valence-electron chi connectivity index (χ4n) is 3.71. The van der Waals surface area contributed by atoms with Crippen LogP contribution in [0.25, 0.3) is 0 Å². The average Bonchev–Trinajstić information content (AvgIpc) is 3.39. The number of nitrogen functional groups attached to an aromatic ring is 1. The van der Waals surface area contributed by atoms with Crippen LogP contribution in [-0.2, 0) is 36.9 Å². The topological polar surface area (TPSA) is 246 Å². The van der Waals surface area contributed by atoms with Crippen molar-refractivity contribution in [2.24, 2.45) is 11.7 Å². The number of hydrogen-bond donors (Lipinski definition) is 6. The predicted octanol–water partition coefficient (Wildman–Crippen LogP) is 3.54. The number of nitrogens with two attached hydrogens (primary N) is 1. The average molecular weight is 734 g/mol. The predicted molar refractivity (Wildman–Crippen MR) is 151 cm³/mol. The number of amidine groups is 1. The van der Waals surface area contributed by atoms with Crippen molar-refractivity contribution in [1.29, 1.82) is 5.41 Å². The smallest absolute Gasteiger partial charge is 0.481 e. The number of ketones is 1. The van der Waals surface area contributed by atoms with E-state index in [0.29, 0.717) is 19.5 Å². The Morgan fingerprint density at radius 1 is 0.959 bits per heavy atom. The monoisotopic (exact) mass is 733 g/mol. The molecule has 0 saturated heterocycles. The van der Waals surface area contributed by atoms with E-state index in [0.717, 1.165) is 16.5 Å². The lowest BCUT2D eigenvalue weighted by Gasteiger charge is -2.26. The van der Waals surface area contributed by atoms with E-state index >= 15 is 0 Å². The number of aliphatic carboxylic acids is 4. The lowest BCUT2D eigenvalue weighted by molar-refractivity contribution is -0.193. The second-order valence-corrected chi connectivity index (χ2v) is 10.9. The molecule has 0 saturated carbocycles. The Morgan fingerprint density at radius 3 is 1.96 bits per heavy atom. The molecule has 1 aromatic heterocycles. The summed E-state index contributed by atoms with van der Waals surface area (Å²) >= 11 is 1.17. The maximum atomic E-state index is 14.2. The lowest BCUT2D eigenvalue weighted by atomic mass is 9.96. The molecule has 0 fully saturated rings. The van der Waals surface area contributed by atoms with Crippen LogP contribution in [0.5, 0.6) is 5.75 Å². The Labute approximate surface area is 274 Å². The quantitative estimate of drug-likeness (QED) is 0.0637. The Morgan fingerprint density at radius 2 is 1.51 bits per heavy atom. The van der Waals surface area contributed by atoms with Crippen molar-refractivity contribution in [3.05, 3.63) is 51.0 Å². The molecular formula is C27H26F7N3O11S. The summed E-state index contributed by atoms with van der Waals surface area (Å²) in [5.74, 6) is -11.3. The summed E-state index contributed by atoms with van der Waals surface area (Å²) in [6.07, 6.45) is -10.3. The number of carboxylic acid groups (broad SMARTS) is 4. The third-order valence-electron chi connectivity index (χ3n) is 6.02. The van der Waals surface area contributed by atoms with Crippen molar-refractivity contribution in [2.45, 2.75) is 44.6 Å². The third kappa shape index (κ3) is 14.7. The van der Waals surface area contributed by atoms with Gasteiger partial charge in [0.15, 0.2) is 11.6 Å². The fourth-order valence-corrected chi connectivity index (χ4v) is 4.84. The number of rotatable bonds is 11. The number of ether oxygens (including phenoxy) is 1. The van der Waals surface area contributed by atoms with Gasteiger partial charge in [-0.15, -0.1) is 11.3 Å². The molecule has 1 aromatic carbocycles. The minimum absolute atomic E-state index is 0.0156. The number of esters is 1. The molecule has 0 bridgehead atoms. The molecule has 2 aromatic rings. The van der Waals surface area contributed by atoms with Gasteiger partial charge in [-0.3, -0.25) is 24.7 Å². The zero-order chi connectivity index (χ0) is 37.9. The van der Waals surface area contributed by atoms with E-state index in [2.05, 4.69) is 0 Å². The fraction of sp³-hybridized carbons (Fsp3) is 0.370. The molecule has 1 aliphatic heterocycles. The summed E-state index contributed by atoms with van der Waals surface area (Å²) in [7, 11) is 0. The zero-order valence-corrected chi connectivity index (χ0v) is 25.4. The van der Waals surface area contributed by atoms with Crippen LogP contribution < -0.4 is 10.5 Å². The van der Waals surface area contributed by atoms with Crippen LogP contribution in [0.4, 0.5) is 30.7 Å². The molecule has 1 atom stereocenters. The van der Waals surface area contributed by atoms with Crippen molar-refractivity contribution in [3.8, 4) is 5.75 Å². The number of halogens is 7. The maximum absolute atomic E-state index is 14.2. The molecule has 0 amide bonds. The second-order valence-electron chi connectivity index (χ2n) is 9.78. The first-order valence-corrected chi connectivity index (χ1v) is 14.0. The maximum Gasteiger partial charge on any atom is 0.490 e. The largest absolute Gasteiger partial charge is 0.490 e. The summed E-state index contributed by atoms with van der Waals surface area (Å²) in [6, 6.07) is 5.29. The number of benzene rings is 1. The van der Waals surface area contributed by atoms with Gasteiger partial charge < -0.3 is 30.9 Å². The molecule has 2 heterocycles. The van der Waals surface area contributed by atoms with E-state index < -0.39 is 53.9 Å². The van der Waals surface area contributed by atoms with E-state index in [-0.39, 0.29) is 53.6 Å². The van der Waals surface area contributed by atoms with Gasteiger partial charge in [-0.1, -0.05) is 0 Å². The van der Waals surface area contributed by atoms with Gasteiger partial charge in [-0.2, -0.15) is 26.3 Å². The molecule has 1 aliphatic rings. The van der Waals surface area contributed by atoms with E-state index in [4.69, 9.17) is 40.8 Å². The molecule has 14 nitrogen and oxygen atoms in total. The Kier molecular flexibility index (Phi) is 15.3. The first kappa shape index (κ1) is 41.9. The van der Waals surface area contributed by atoms with Crippen LogP contribution in [0.3, 0.4) is 0 Å². The highest BCUT2D eigenvalue weighted by molar-refractivity contribution is 7.14. The van der Waals surface area contributed by atoms with Gasteiger partial charge in [0.1, 0.15) is 16.5 Å². The SMILES string of the molecule is N=C(N)c1ccc(OC(=O)c2cc3c(s2)CN(CC(=O)C[C@@H](CCC(=O)O)C(=O)O)CC3)c(F)c1.O=C(O)C(F)(F)F.O=C(O)C(F)(F)F. The summed E-state index contributed by atoms with van der Waals surface area (Å²) < 4.78 is 82.8. The van der Waals surface area contributed by atoms with Crippen molar-refractivity contribution in [2.75, 3.05) is 13.1 Å². The van der Waals surface area contributed by atoms with E-state index in [9.17, 15) is 55.0 Å². The van der Waals surface area contributed by atoms with Gasteiger partial charge in [0, 0.05) is 36.4 Å². The molecule has 49 heavy (non-hydrogen) atoms. The van der Waals surface area contributed by atoms with E-state index in [1.165, 1.54) is 23.5 Å². The molecule has 7 N–H and O–H groups in total. The number of nitrogens with zero attached hydrogens (tertiary/aromatic N) is 1. The number of nitrogens with one attached hydrogen (secondary N) is 1. The first-order chi connectivity index (χ1) is 22.4. The van der Waals surface area contributed by atoms with Gasteiger partial charge in [0.2, 0.25) is 0 Å². The molecular weight excluding hydrogens is 707 g/mol. The molecule has 0 spiro atoms. The Balaban J connectivity index is 0.000000717. The van der Waals surface area contributed by atoms with E-state index in [1.807, 2.05) is 4.90 Å². The number of Topliss-reactive ketones (excluding diaryl/α,β-unsaturated/α-hetero) is 1. The van der Waals surface area contributed by atoms with Gasteiger partial charge in [-0.25, -0.2) is 18.8 Å². The summed E-state index contributed by atoms with van der Waals surface area (Å²) in [6.45, 7) is 0.924.